The van der Waals surface area contributed by atoms with E-state index in [1.54, 1.807) is 0 Å². The molecule has 0 aliphatic rings. The molecule has 2 aromatic carbocycles. The first-order valence-corrected chi connectivity index (χ1v) is 12.5. The van der Waals surface area contributed by atoms with Crippen LogP contribution in [0.2, 0.25) is 0 Å². The van der Waals surface area contributed by atoms with Crippen molar-refractivity contribution in [2.75, 3.05) is 11.7 Å². The third-order valence-electron chi connectivity index (χ3n) is 4.59. The van der Waals surface area contributed by atoms with Gasteiger partial charge in [-0.15, -0.1) is 0 Å². The molecule has 33 heavy (non-hydrogen) atoms. The number of sulfone groups is 1. The quantitative estimate of drug-likeness (QED) is 0.342. The summed E-state index contributed by atoms with van der Waals surface area (Å²) in [6, 6.07) is 10.5. The Morgan fingerprint density at radius 2 is 1.45 bits per heavy atom. The molecule has 176 valence electrons. The number of benzene rings is 2. The summed E-state index contributed by atoms with van der Waals surface area (Å²) in [6.45, 7) is 0. The van der Waals surface area contributed by atoms with Crippen LogP contribution < -0.4 is 16.4 Å². The molecule has 1 heterocycles. The van der Waals surface area contributed by atoms with Crippen molar-refractivity contribution in [3.05, 3.63) is 65.5 Å². The van der Waals surface area contributed by atoms with Crippen LogP contribution in [0.5, 0.6) is 0 Å². The average Bonchev–Trinajstić information content (AvgIpc) is 2.72. The van der Waals surface area contributed by atoms with Gasteiger partial charge >= 0.3 is 6.18 Å². The number of hydrogen-bond donors (Lipinski definition) is 3. The maximum Gasteiger partial charge on any atom is 0.451 e. The number of anilines is 1. The van der Waals surface area contributed by atoms with Gasteiger partial charge in [0.2, 0.25) is 15.8 Å². The fraction of sp³-hybridized carbons (Fsp3) is 0.158. The predicted molar refractivity (Wildman–Crippen MR) is 114 cm³/mol. The van der Waals surface area contributed by atoms with Gasteiger partial charge in [-0.05, 0) is 29.8 Å². The van der Waals surface area contributed by atoms with Crippen molar-refractivity contribution >= 4 is 25.7 Å². The van der Waals surface area contributed by atoms with Crippen LogP contribution in [0, 0.1) is 0 Å². The Bertz CT molecular complexity index is 1390. The first kappa shape index (κ1) is 24.6. The van der Waals surface area contributed by atoms with E-state index in [1.807, 2.05) is 0 Å². The van der Waals surface area contributed by atoms with Crippen LogP contribution in [-0.4, -0.2) is 33.1 Å². The van der Waals surface area contributed by atoms with Gasteiger partial charge in [-0.2, -0.15) is 13.2 Å². The lowest BCUT2D eigenvalue weighted by atomic mass is 9.99. The maximum absolute atomic E-state index is 13.4. The molecule has 0 atom stereocenters. The summed E-state index contributed by atoms with van der Waals surface area (Å²) in [5, 5.41) is 5.08. The number of alkyl halides is 3. The molecule has 0 spiro atoms. The second-order valence-corrected chi connectivity index (χ2v) is 10.6. The minimum atomic E-state index is -4.87. The van der Waals surface area contributed by atoms with E-state index in [9.17, 15) is 30.0 Å². The molecular formula is C19H18F3N5O4S2. The Morgan fingerprint density at radius 3 is 1.91 bits per heavy atom. The zero-order valence-corrected chi connectivity index (χ0v) is 18.6. The standard InChI is InChI=1S/C19H18F3N5O4S2/c1-32(28,29)13-8-4-12(5-9-13)16-15(17(27-23)26-18(25-16)19(20,21)22)10-11-2-6-14(7-3-11)33(24,30)31/h2-9H,10,23H2,1H3,(H2,24,30,31)(H,25,26,27). The number of nitrogens with two attached hydrogens (primary N) is 2. The van der Waals surface area contributed by atoms with Gasteiger partial charge < -0.3 is 5.43 Å². The van der Waals surface area contributed by atoms with Gasteiger partial charge in [-0.25, -0.2) is 37.8 Å². The molecule has 0 aliphatic carbocycles. The topological polar surface area (TPSA) is 158 Å². The van der Waals surface area contributed by atoms with Crippen molar-refractivity contribution in [2.45, 2.75) is 22.4 Å². The highest BCUT2D eigenvalue weighted by Gasteiger charge is 2.36. The predicted octanol–water partition coefficient (Wildman–Crippen LogP) is 2.09. The normalized spacial score (nSPS) is 12.5. The molecule has 0 amide bonds. The fourth-order valence-electron chi connectivity index (χ4n) is 3.00. The van der Waals surface area contributed by atoms with E-state index in [0.29, 0.717) is 5.56 Å². The fourth-order valence-corrected chi connectivity index (χ4v) is 4.14. The summed E-state index contributed by atoms with van der Waals surface area (Å²) in [5.41, 5.74) is 2.91. The zero-order valence-electron chi connectivity index (χ0n) is 17.0. The Hall–Kier alpha value is -3.07. The highest BCUT2D eigenvalue weighted by molar-refractivity contribution is 7.90. The monoisotopic (exact) mass is 501 g/mol. The van der Waals surface area contributed by atoms with Gasteiger partial charge in [0, 0.05) is 23.8 Å². The van der Waals surface area contributed by atoms with Gasteiger partial charge in [-0.1, -0.05) is 24.3 Å². The molecule has 14 heteroatoms. The lowest BCUT2D eigenvalue weighted by molar-refractivity contribution is -0.144. The van der Waals surface area contributed by atoms with Gasteiger partial charge in [0.05, 0.1) is 15.5 Å². The zero-order chi connectivity index (χ0) is 24.6. The first-order chi connectivity index (χ1) is 15.2. The third-order valence-corrected chi connectivity index (χ3v) is 6.64. The SMILES string of the molecule is CS(=O)(=O)c1ccc(-c2nc(C(F)(F)F)nc(NN)c2Cc2ccc(S(N)(=O)=O)cc2)cc1. The third kappa shape index (κ3) is 5.65. The lowest BCUT2D eigenvalue weighted by Gasteiger charge is -2.17. The van der Waals surface area contributed by atoms with E-state index in [2.05, 4.69) is 15.4 Å². The van der Waals surface area contributed by atoms with Crippen LogP contribution in [-0.2, 0) is 32.5 Å². The summed E-state index contributed by atoms with van der Waals surface area (Å²) in [4.78, 5) is 6.99. The van der Waals surface area contributed by atoms with Crippen LogP contribution >= 0.6 is 0 Å². The van der Waals surface area contributed by atoms with E-state index in [1.165, 1.54) is 48.5 Å². The molecular weight excluding hydrogens is 483 g/mol. The van der Waals surface area contributed by atoms with Crippen molar-refractivity contribution < 1.29 is 30.0 Å². The van der Waals surface area contributed by atoms with E-state index in [0.717, 1.165) is 6.26 Å². The van der Waals surface area contributed by atoms with Crippen LogP contribution in [0.1, 0.15) is 17.0 Å². The molecule has 3 rings (SSSR count). The number of hydrogen-bond acceptors (Lipinski definition) is 8. The molecule has 3 aromatic rings. The Morgan fingerprint density at radius 1 is 0.909 bits per heavy atom. The van der Waals surface area contributed by atoms with Crippen molar-refractivity contribution in [1.82, 2.24) is 9.97 Å². The van der Waals surface area contributed by atoms with Crippen LogP contribution in [0.15, 0.2) is 58.3 Å². The maximum atomic E-state index is 13.4. The van der Waals surface area contributed by atoms with E-state index < -0.39 is 31.9 Å². The van der Waals surface area contributed by atoms with Gasteiger partial charge in [-0.3, -0.25) is 0 Å². The lowest BCUT2D eigenvalue weighted by Crippen LogP contribution is -2.19. The average molecular weight is 502 g/mol. The number of primary sulfonamides is 1. The summed E-state index contributed by atoms with van der Waals surface area (Å²) in [5.74, 6) is 3.71. The van der Waals surface area contributed by atoms with E-state index >= 15 is 0 Å². The minimum Gasteiger partial charge on any atom is -0.308 e. The van der Waals surface area contributed by atoms with Crippen molar-refractivity contribution in [3.63, 3.8) is 0 Å². The molecule has 0 saturated heterocycles. The number of hydrazine groups is 1. The van der Waals surface area contributed by atoms with Crippen molar-refractivity contribution in [1.29, 1.82) is 0 Å². The second-order valence-electron chi connectivity index (χ2n) is 7.03. The molecule has 0 unspecified atom stereocenters. The number of nitrogens with one attached hydrogen (secondary N) is 1. The Kier molecular flexibility index (Phi) is 6.48. The van der Waals surface area contributed by atoms with Crippen LogP contribution in [0.3, 0.4) is 0 Å². The molecule has 0 aliphatic heterocycles. The van der Waals surface area contributed by atoms with Crippen LogP contribution in [0.25, 0.3) is 11.3 Å². The van der Waals surface area contributed by atoms with Gasteiger partial charge in [0.25, 0.3) is 0 Å². The highest BCUT2D eigenvalue weighted by atomic mass is 32.2. The molecule has 0 saturated carbocycles. The summed E-state index contributed by atoms with van der Waals surface area (Å²) >= 11 is 0. The first-order valence-electron chi connectivity index (χ1n) is 9.07. The molecule has 5 N–H and O–H groups in total. The largest absolute Gasteiger partial charge is 0.451 e. The van der Waals surface area contributed by atoms with Crippen molar-refractivity contribution in [2.24, 2.45) is 11.0 Å². The highest BCUT2D eigenvalue weighted by Crippen LogP contribution is 2.34. The number of aromatic nitrogens is 2. The minimum absolute atomic E-state index is 0.0198. The molecule has 1 aromatic heterocycles. The molecule has 0 fully saturated rings. The van der Waals surface area contributed by atoms with Gasteiger partial charge in [0.15, 0.2) is 9.84 Å². The number of nitrogens with zero attached hydrogens (tertiary/aromatic N) is 2. The van der Waals surface area contributed by atoms with E-state index in [-0.39, 0.29) is 38.9 Å². The van der Waals surface area contributed by atoms with Crippen molar-refractivity contribution in [3.8, 4) is 11.3 Å². The Balaban J connectivity index is 2.17. The number of rotatable bonds is 6. The molecule has 0 bridgehead atoms. The van der Waals surface area contributed by atoms with E-state index in [4.69, 9.17) is 11.0 Å². The number of halogens is 3. The summed E-state index contributed by atoms with van der Waals surface area (Å²) in [7, 11) is -7.45. The Labute approximate surface area is 187 Å². The van der Waals surface area contributed by atoms with Gasteiger partial charge in [0.1, 0.15) is 5.82 Å². The molecule has 0 radical (unpaired) electrons. The number of sulfonamides is 1. The second kappa shape index (κ2) is 8.70. The smallest absolute Gasteiger partial charge is 0.308 e. The summed E-state index contributed by atoms with van der Waals surface area (Å²) < 4.78 is 86.5. The summed E-state index contributed by atoms with van der Waals surface area (Å²) in [6.07, 6.45) is -3.89. The molecule has 9 nitrogen and oxygen atoms in total. The number of nitrogen functional groups attached to an aromatic ring is 1. The van der Waals surface area contributed by atoms with Crippen LogP contribution in [0.4, 0.5) is 19.0 Å².